The zero-order valence-corrected chi connectivity index (χ0v) is 9.48. The minimum absolute atomic E-state index is 0.266. The summed E-state index contributed by atoms with van der Waals surface area (Å²) >= 11 is 5.78. The first kappa shape index (κ1) is 11.5. The Morgan fingerprint density at radius 1 is 1.36 bits per heavy atom. The van der Waals surface area contributed by atoms with Gasteiger partial charge in [0.15, 0.2) is 0 Å². The molecule has 0 saturated carbocycles. The summed E-state index contributed by atoms with van der Waals surface area (Å²) in [5.41, 5.74) is 0.948. The second-order valence-electron chi connectivity index (χ2n) is 3.87. The van der Waals surface area contributed by atoms with E-state index in [9.17, 15) is 4.39 Å². The number of rotatable bonds is 3. The summed E-state index contributed by atoms with van der Waals surface area (Å²) in [7, 11) is 3.99. The molecule has 1 aromatic rings. The Balaban J connectivity index is 2.84. The summed E-state index contributed by atoms with van der Waals surface area (Å²) in [6.45, 7) is 2.95. The Hall–Kier alpha value is -0.600. The highest BCUT2D eigenvalue weighted by molar-refractivity contribution is 6.30. The van der Waals surface area contributed by atoms with Gasteiger partial charge in [0.25, 0.3) is 0 Å². The summed E-state index contributed by atoms with van der Waals surface area (Å²) in [4.78, 5) is 2.07. The van der Waals surface area contributed by atoms with Crippen LogP contribution in [0.25, 0.3) is 0 Å². The maximum Gasteiger partial charge on any atom is 0.124 e. The first-order chi connectivity index (χ1) is 6.49. The quantitative estimate of drug-likeness (QED) is 0.749. The Kier molecular flexibility index (Phi) is 3.90. The van der Waals surface area contributed by atoms with Gasteiger partial charge in [-0.1, -0.05) is 18.5 Å². The third-order valence-electron chi connectivity index (χ3n) is 2.09. The van der Waals surface area contributed by atoms with Crippen molar-refractivity contribution in [1.29, 1.82) is 0 Å². The second kappa shape index (κ2) is 4.76. The van der Waals surface area contributed by atoms with E-state index in [1.165, 1.54) is 6.07 Å². The molecular formula is C11H15ClFN. The molecule has 0 aliphatic heterocycles. The predicted molar refractivity (Wildman–Crippen MR) is 58.4 cm³/mol. The molecule has 0 bridgehead atoms. The second-order valence-corrected chi connectivity index (χ2v) is 4.30. The van der Waals surface area contributed by atoms with Crippen LogP contribution in [0.1, 0.15) is 18.4 Å². The van der Waals surface area contributed by atoms with Crippen LogP contribution < -0.4 is 0 Å². The van der Waals surface area contributed by atoms with Crippen LogP contribution in [0, 0.1) is 5.82 Å². The van der Waals surface area contributed by atoms with Crippen molar-refractivity contribution in [3.8, 4) is 0 Å². The average molecular weight is 216 g/mol. The molecule has 0 aliphatic rings. The van der Waals surface area contributed by atoms with E-state index in [1.54, 1.807) is 6.07 Å². The summed E-state index contributed by atoms with van der Waals surface area (Å²) in [6.07, 6.45) is 0. The van der Waals surface area contributed by atoms with E-state index in [0.29, 0.717) is 5.02 Å². The van der Waals surface area contributed by atoms with Crippen LogP contribution in [0.5, 0.6) is 0 Å². The van der Waals surface area contributed by atoms with E-state index in [4.69, 9.17) is 11.6 Å². The van der Waals surface area contributed by atoms with Crippen molar-refractivity contribution in [1.82, 2.24) is 4.90 Å². The van der Waals surface area contributed by atoms with Gasteiger partial charge >= 0.3 is 0 Å². The molecule has 3 heteroatoms. The maximum absolute atomic E-state index is 13.0. The molecule has 78 valence electrons. The van der Waals surface area contributed by atoms with Gasteiger partial charge in [-0.3, -0.25) is 0 Å². The van der Waals surface area contributed by atoms with E-state index in [1.807, 2.05) is 20.2 Å². The smallest absolute Gasteiger partial charge is 0.124 e. The van der Waals surface area contributed by atoms with Gasteiger partial charge in [-0.05, 0) is 43.8 Å². The van der Waals surface area contributed by atoms with E-state index < -0.39 is 0 Å². The molecule has 1 atom stereocenters. The molecule has 0 aliphatic carbocycles. The van der Waals surface area contributed by atoms with Gasteiger partial charge < -0.3 is 4.90 Å². The normalized spacial score (nSPS) is 13.3. The Bertz CT molecular complexity index is 292. The van der Waals surface area contributed by atoms with Crippen LogP contribution in [0.15, 0.2) is 18.2 Å². The number of nitrogens with zero attached hydrogens (tertiary/aromatic N) is 1. The number of hydrogen-bond donors (Lipinski definition) is 0. The molecule has 1 aromatic carbocycles. The molecule has 0 saturated heterocycles. The van der Waals surface area contributed by atoms with Crippen LogP contribution >= 0.6 is 11.6 Å². The highest BCUT2D eigenvalue weighted by Gasteiger charge is 2.08. The van der Waals surface area contributed by atoms with Crippen molar-refractivity contribution >= 4 is 11.6 Å². The standard InChI is InChI=1S/C11H15ClFN/c1-8(7-14(2)3)9-4-10(12)6-11(13)5-9/h4-6,8H,7H2,1-3H3. The number of halogens is 2. The highest BCUT2D eigenvalue weighted by Crippen LogP contribution is 2.21. The maximum atomic E-state index is 13.0. The third kappa shape index (κ3) is 3.28. The molecule has 0 radical (unpaired) electrons. The lowest BCUT2D eigenvalue weighted by molar-refractivity contribution is 0.382. The van der Waals surface area contributed by atoms with Gasteiger partial charge in [0.1, 0.15) is 5.82 Å². The number of likely N-dealkylation sites (N-methyl/N-ethyl adjacent to an activating group) is 1. The van der Waals surface area contributed by atoms with Crippen LogP contribution in [0.4, 0.5) is 4.39 Å². The summed E-state index contributed by atoms with van der Waals surface area (Å²) in [5, 5.41) is 0.464. The minimum Gasteiger partial charge on any atom is -0.309 e. The molecular weight excluding hydrogens is 201 g/mol. The van der Waals surface area contributed by atoms with Crippen LogP contribution in [0.3, 0.4) is 0 Å². The van der Waals surface area contributed by atoms with Crippen molar-refractivity contribution < 1.29 is 4.39 Å². The van der Waals surface area contributed by atoms with Crippen LogP contribution in [-0.4, -0.2) is 25.5 Å². The molecule has 1 unspecified atom stereocenters. The third-order valence-corrected chi connectivity index (χ3v) is 2.31. The predicted octanol–water partition coefficient (Wildman–Crippen LogP) is 3.14. The molecule has 0 fully saturated rings. The Labute approximate surface area is 89.5 Å². The zero-order valence-electron chi connectivity index (χ0n) is 8.72. The fraction of sp³-hybridized carbons (Fsp3) is 0.455. The minimum atomic E-state index is -0.266. The fourth-order valence-electron chi connectivity index (χ4n) is 1.51. The van der Waals surface area contributed by atoms with Gasteiger partial charge in [0.05, 0.1) is 0 Å². The van der Waals surface area contributed by atoms with Gasteiger partial charge in [-0.2, -0.15) is 0 Å². The molecule has 1 nitrogen and oxygen atoms in total. The summed E-state index contributed by atoms with van der Waals surface area (Å²) in [6, 6.07) is 4.69. The van der Waals surface area contributed by atoms with Crippen molar-refractivity contribution in [3.63, 3.8) is 0 Å². The van der Waals surface area contributed by atoms with Gasteiger partial charge in [0, 0.05) is 11.6 Å². The molecule has 0 spiro atoms. The highest BCUT2D eigenvalue weighted by atomic mass is 35.5. The van der Waals surface area contributed by atoms with Gasteiger partial charge in [0.2, 0.25) is 0 Å². The fourth-order valence-corrected chi connectivity index (χ4v) is 1.74. The Morgan fingerprint density at radius 3 is 2.50 bits per heavy atom. The van der Waals surface area contributed by atoms with Gasteiger partial charge in [-0.25, -0.2) is 4.39 Å². The largest absolute Gasteiger partial charge is 0.309 e. The first-order valence-corrected chi connectivity index (χ1v) is 4.97. The number of benzene rings is 1. The molecule has 1 rings (SSSR count). The monoisotopic (exact) mass is 215 g/mol. The van der Waals surface area contributed by atoms with Gasteiger partial charge in [-0.15, -0.1) is 0 Å². The lowest BCUT2D eigenvalue weighted by atomic mass is 10.0. The van der Waals surface area contributed by atoms with E-state index in [0.717, 1.165) is 12.1 Å². The average Bonchev–Trinajstić information content (AvgIpc) is 2.00. The summed E-state index contributed by atoms with van der Waals surface area (Å²) in [5.74, 6) is 0.0244. The number of hydrogen-bond acceptors (Lipinski definition) is 1. The van der Waals surface area contributed by atoms with E-state index in [2.05, 4.69) is 11.8 Å². The topological polar surface area (TPSA) is 3.24 Å². The van der Waals surface area contributed by atoms with Crippen LogP contribution in [-0.2, 0) is 0 Å². The lowest BCUT2D eigenvalue weighted by Gasteiger charge is -2.17. The van der Waals surface area contributed by atoms with E-state index in [-0.39, 0.29) is 11.7 Å². The van der Waals surface area contributed by atoms with Crippen molar-refractivity contribution in [2.24, 2.45) is 0 Å². The van der Waals surface area contributed by atoms with E-state index >= 15 is 0 Å². The molecule has 0 N–H and O–H groups in total. The van der Waals surface area contributed by atoms with Crippen molar-refractivity contribution in [3.05, 3.63) is 34.6 Å². The lowest BCUT2D eigenvalue weighted by Crippen LogP contribution is -2.18. The molecule has 0 heterocycles. The molecule has 0 aromatic heterocycles. The first-order valence-electron chi connectivity index (χ1n) is 4.59. The Morgan fingerprint density at radius 2 is 2.00 bits per heavy atom. The van der Waals surface area contributed by atoms with Crippen molar-refractivity contribution in [2.45, 2.75) is 12.8 Å². The SMILES string of the molecule is CC(CN(C)C)c1cc(F)cc(Cl)c1. The summed E-state index contributed by atoms with van der Waals surface area (Å²) < 4.78 is 13.0. The molecule has 14 heavy (non-hydrogen) atoms. The van der Waals surface area contributed by atoms with Crippen LogP contribution in [0.2, 0.25) is 5.02 Å². The van der Waals surface area contributed by atoms with Crippen molar-refractivity contribution in [2.75, 3.05) is 20.6 Å². The molecule has 0 amide bonds. The zero-order chi connectivity index (χ0) is 10.7.